The first kappa shape index (κ1) is 18.5. The summed E-state index contributed by atoms with van der Waals surface area (Å²) in [7, 11) is 1.27. The van der Waals surface area contributed by atoms with E-state index in [9.17, 15) is 14.7 Å². The van der Waals surface area contributed by atoms with E-state index in [-0.39, 0.29) is 11.4 Å². The number of esters is 1. The van der Waals surface area contributed by atoms with Crippen molar-refractivity contribution in [2.24, 2.45) is 0 Å². The Morgan fingerprint density at radius 3 is 2.19 bits per heavy atom. The molecule has 140 valence electrons. The van der Waals surface area contributed by atoms with E-state index < -0.39 is 17.7 Å². The van der Waals surface area contributed by atoms with Crippen molar-refractivity contribution in [2.75, 3.05) is 7.11 Å². The molecule has 6 heteroatoms. The smallest absolute Gasteiger partial charge is 0.419 e. The number of carbonyl (C=O) groups excluding carboxylic acids is 2. The highest BCUT2D eigenvalue weighted by molar-refractivity contribution is 6.02. The number of ether oxygens (including phenoxy) is 2. The molecule has 1 N–H and O–H groups in total. The van der Waals surface area contributed by atoms with Crippen LogP contribution in [-0.2, 0) is 9.47 Å². The molecule has 0 aliphatic rings. The molecule has 6 nitrogen and oxygen atoms in total. The van der Waals surface area contributed by atoms with Gasteiger partial charge in [-0.1, -0.05) is 24.3 Å². The Morgan fingerprint density at radius 2 is 1.59 bits per heavy atom. The van der Waals surface area contributed by atoms with Crippen LogP contribution in [0.2, 0.25) is 0 Å². The molecule has 1 aromatic heterocycles. The maximum atomic E-state index is 12.8. The lowest BCUT2D eigenvalue weighted by Crippen LogP contribution is -2.29. The van der Waals surface area contributed by atoms with E-state index in [1.54, 1.807) is 57.2 Å². The van der Waals surface area contributed by atoms with Gasteiger partial charge in [0.05, 0.1) is 12.6 Å². The second-order valence-corrected chi connectivity index (χ2v) is 7.16. The summed E-state index contributed by atoms with van der Waals surface area (Å²) in [5, 5.41) is 10.2. The molecular weight excluding hydrogens is 346 g/mol. The van der Waals surface area contributed by atoms with Crippen molar-refractivity contribution in [1.82, 2.24) is 4.57 Å². The van der Waals surface area contributed by atoms with Gasteiger partial charge < -0.3 is 14.6 Å². The maximum absolute atomic E-state index is 12.8. The second kappa shape index (κ2) is 6.79. The van der Waals surface area contributed by atoms with Crippen LogP contribution in [0, 0.1) is 0 Å². The zero-order valence-electron chi connectivity index (χ0n) is 15.6. The molecule has 2 aromatic carbocycles. The van der Waals surface area contributed by atoms with Gasteiger partial charge in [0.2, 0.25) is 0 Å². The van der Waals surface area contributed by atoms with Crippen LogP contribution < -0.4 is 0 Å². The molecule has 0 fully saturated rings. The number of aromatic hydroxyl groups is 1. The summed E-state index contributed by atoms with van der Waals surface area (Å²) < 4.78 is 11.5. The topological polar surface area (TPSA) is 77.8 Å². The van der Waals surface area contributed by atoms with E-state index >= 15 is 0 Å². The first-order valence-corrected chi connectivity index (χ1v) is 8.46. The van der Waals surface area contributed by atoms with Gasteiger partial charge in [-0.15, -0.1) is 0 Å². The Balaban J connectivity index is 2.19. The molecule has 0 unspecified atom stereocenters. The van der Waals surface area contributed by atoms with Crippen LogP contribution in [0.3, 0.4) is 0 Å². The Kier molecular flexibility index (Phi) is 4.66. The molecule has 3 rings (SSSR count). The van der Waals surface area contributed by atoms with Gasteiger partial charge in [-0.25, -0.2) is 14.2 Å². The van der Waals surface area contributed by atoms with Crippen molar-refractivity contribution in [3.63, 3.8) is 0 Å². The first-order chi connectivity index (χ1) is 12.7. The Hall–Kier alpha value is -3.28. The van der Waals surface area contributed by atoms with E-state index in [0.717, 1.165) is 11.1 Å². The number of benzene rings is 2. The monoisotopic (exact) mass is 367 g/mol. The highest BCUT2D eigenvalue weighted by atomic mass is 16.6. The highest BCUT2D eigenvalue weighted by Gasteiger charge is 2.25. The molecule has 0 bridgehead atoms. The fourth-order valence-corrected chi connectivity index (χ4v) is 2.79. The number of carbonyl (C=O) groups is 2. The summed E-state index contributed by atoms with van der Waals surface area (Å²) in [5.74, 6) is -0.451. The molecule has 0 saturated carbocycles. The van der Waals surface area contributed by atoms with Gasteiger partial charge in [-0.2, -0.15) is 0 Å². The lowest BCUT2D eigenvalue weighted by molar-refractivity contribution is 0.0490. The summed E-state index contributed by atoms with van der Waals surface area (Å²) in [5.41, 5.74) is 1.63. The molecule has 0 spiro atoms. The lowest BCUT2D eigenvalue weighted by Gasteiger charge is -2.20. The highest BCUT2D eigenvalue weighted by Crippen LogP contribution is 2.29. The predicted molar refractivity (Wildman–Crippen MR) is 102 cm³/mol. The number of fused-ring (bicyclic) bond motifs is 1. The van der Waals surface area contributed by atoms with Crippen LogP contribution in [-0.4, -0.2) is 34.4 Å². The number of nitrogens with zero attached hydrogens (tertiary/aromatic N) is 1. The number of methoxy groups -OCH3 is 1. The standard InChI is InChI=1S/C21H21NO5/c1-21(2,3)27-20(25)22-17-11-14(13-7-9-16(23)10-8-13)5-6-15(17)12-18(22)19(24)26-4/h5-12,23H,1-4H3. The maximum Gasteiger partial charge on any atom is 0.419 e. The van der Waals surface area contributed by atoms with Crippen molar-refractivity contribution >= 4 is 23.0 Å². The fraction of sp³-hybridized carbons (Fsp3) is 0.238. The normalized spacial score (nSPS) is 11.4. The van der Waals surface area contributed by atoms with Gasteiger partial charge >= 0.3 is 12.1 Å². The van der Waals surface area contributed by atoms with Crippen LogP contribution in [0.1, 0.15) is 31.3 Å². The third kappa shape index (κ3) is 3.79. The predicted octanol–water partition coefficient (Wildman–Crippen LogP) is 4.58. The average molecular weight is 367 g/mol. The second-order valence-electron chi connectivity index (χ2n) is 7.16. The van der Waals surface area contributed by atoms with Crippen molar-refractivity contribution in [2.45, 2.75) is 26.4 Å². The van der Waals surface area contributed by atoms with Gasteiger partial charge in [0.15, 0.2) is 0 Å². The Labute approximate surface area is 156 Å². The molecule has 0 radical (unpaired) electrons. The number of aromatic nitrogens is 1. The Bertz CT molecular complexity index is 1010. The van der Waals surface area contributed by atoms with Gasteiger partial charge in [-0.05, 0) is 56.2 Å². The average Bonchev–Trinajstić information content (AvgIpc) is 2.99. The quantitative estimate of drug-likeness (QED) is 0.671. The molecule has 0 aliphatic heterocycles. The van der Waals surface area contributed by atoms with Crippen LogP contribution in [0.5, 0.6) is 5.75 Å². The van der Waals surface area contributed by atoms with Crippen molar-refractivity contribution in [3.8, 4) is 16.9 Å². The van der Waals surface area contributed by atoms with Crippen molar-refractivity contribution in [3.05, 3.63) is 54.2 Å². The van der Waals surface area contributed by atoms with Crippen LogP contribution in [0.25, 0.3) is 22.0 Å². The van der Waals surface area contributed by atoms with E-state index in [4.69, 9.17) is 9.47 Å². The number of hydrogen-bond acceptors (Lipinski definition) is 5. The minimum absolute atomic E-state index is 0.101. The van der Waals surface area contributed by atoms with Gasteiger partial charge in [0.1, 0.15) is 17.0 Å². The van der Waals surface area contributed by atoms with Crippen LogP contribution in [0.4, 0.5) is 4.79 Å². The number of phenolic OH excluding ortho intramolecular Hbond substituents is 1. The van der Waals surface area contributed by atoms with Crippen molar-refractivity contribution in [1.29, 1.82) is 0 Å². The summed E-state index contributed by atoms with van der Waals surface area (Å²) in [4.78, 5) is 25.0. The molecule has 3 aromatic rings. The minimum Gasteiger partial charge on any atom is -0.508 e. The third-order valence-electron chi connectivity index (χ3n) is 3.98. The number of phenols is 1. The molecule has 0 saturated heterocycles. The van der Waals surface area contributed by atoms with E-state index in [1.165, 1.54) is 11.7 Å². The van der Waals surface area contributed by atoms with E-state index in [1.807, 2.05) is 12.1 Å². The molecule has 0 amide bonds. The zero-order chi connectivity index (χ0) is 19.8. The summed E-state index contributed by atoms with van der Waals surface area (Å²) >= 11 is 0. The Morgan fingerprint density at radius 1 is 0.963 bits per heavy atom. The van der Waals surface area contributed by atoms with Gasteiger partial charge in [-0.3, -0.25) is 0 Å². The molecule has 1 heterocycles. The molecule has 27 heavy (non-hydrogen) atoms. The third-order valence-corrected chi connectivity index (χ3v) is 3.98. The number of hydrogen-bond donors (Lipinski definition) is 1. The van der Waals surface area contributed by atoms with Crippen LogP contribution in [0.15, 0.2) is 48.5 Å². The first-order valence-electron chi connectivity index (χ1n) is 8.46. The zero-order valence-corrected chi connectivity index (χ0v) is 15.6. The lowest BCUT2D eigenvalue weighted by atomic mass is 10.0. The fourth-order valence-electron chi connectivity index (χ4n) is 2.79. The molecule has 0 aliphatic carbocycles. The number of rotatable bonds is 2. The van der Waals surface area contributed by atoms with Gasteiger partial charge in [0, 0.05) is 5.39 Å². The van der Waals surface area contributed by atoms with Gasteiger partial charge in [0.25, 0.3) is 0 Å². The summed E-state index contributed by atoms with van der Waals surface area (Å²) in [6.45, 7) is 5.28. The molecular formula is C21H21NO5. The summed E-state index contributed by atoms with van der Waals surface area (Å²) in [6, 6.07) is 13.8. The van der Waals surface area contributed by atoms with Crippen LogP contribution >= 0.6 is 0 Å². The largest absolute Gasteiger partial charge is 0.508 e. The minimum atomic E-state index is -0.713. The van der Waals surface area contributed by atoms with E-state index in [2.05, 4.69) is 0 Å². The summed E-state index contributed by atoms with van der Waals surface area (Å²) in [6.07, 6.45) is -0.652. The SMILES string of the molecule is COC(=O)c1cc2ccc(-c3ccc(O)cc3)cc2n1C(=O)OC(C)(C)C. The van der Waals surface area contributed by atoms with E-state index in [0.29, 0.717) is 10.9 Å². The molecule has 0 atom stereocenters. The van der Waals surface area contributed by atoms with Crippen molar-refractivity contribution < 1.29 is 24.2 Å².